The molecular weight excluding hydrogens is 228 g/mol. The van der Waals surface area contributed by atoms with E-state index in [1.807, 2.05) is 20.8 Å². The standard InChI is InChI=1S/C14H22N2O2/c1-5-8-11(7-3)15-12-9-13(17)16(14(12)18)10(4)6-2/h3,10-12,15H,5-6,8-9H2,1-2,4H3. The normalized spacial score (nSPS) is 23.0. The van der Waals surface area contributed by atoms with Gasteiger partial charge in [-0.05, 0) is 19.8 Å². The molecule has 100 valence electrons. The van der Waals surface area contributed by atoms with Gasteiger partial charge in [0.15, 0.2) is 0 Å². The highest BCUT2D eigenvalue weighted by Gasteiger charge is 2.40. The summed E-state index contributed by atoms with van der Waals surface area (Å²) < 4.78 is 0. The number of likely N-dealkylation sites (tertiary alicyclic amines) is 1. The van der Waals surface area contributed by atoms with Gasteiger partial charge < -0.3 is 0 Å². The average Bonchev–Trinajstić information content (AvgIpc) is 2.63. The van der Waals surface area contributed by atoms with E-state index in [-0.39, 0.29) is 30.3 Å². The number of carbonyl (C=O) groups excluding carboxylic acids is 2. The predicted octanol–water partition coefficient (Wildman–Crippen LogP) is 1.30. The maximum Gasteiger partial charge on any atom is 0.247 e. The SMILES string of the molecule is C#CC(CCC)NC1CC(=O)N(C(C)CC)C1=O. The van der Waals surface area contributed by atoms with Gasteiger partial charge in [-0.15, -0.1) is 6.42 Å². The average molecular weight is 250 g/mol. The van der Waals surface area contributed by atoms with Crippen LogP contribution in [0, 0.1) is 12.3 Å². The van der Waals surface area contributed by atoms with Crippen molar-refractivity contribution in [3.63, 3.8) is 0 Å². The molecule has 0 bridgehead atoms. The molecule has 1 saturated heterocycles. The van der Waals surface area contributed by atoms with Crippen LogP contribution < -0.4 is 5.32 Å². The molecular formula is C14H22N2O2. The molecule has 0 aliphatic carbocycles. The molecule has 1 N–H and O–H groups in total. The Labute approximate surface area is 109 Å². The van der Waals surface area contributed by atoms with E-state index in [1.54, 1.807) is 0 Å². The molecule has 0 aromatic carbocycles. The van der Waals surface area contributed by atoms with Crippen LogP contribution in [0.2, 0.25) is 0 Å². The number of rotatable bonds is 6. The van der Waals surface area contributed by atoms with Gasteiger partial charge in [0.1, 0.15) is 0 Å². The molecule has 0 spiro atoms. The van der Waals surface area contributed by atoms with Gasteiger partial charge in [0.05, 0.1) is 18.5 Å². The zero-order chi connectivity index (χ0) is 13.7. The maximum absolute atomic E-state index is 12.1. The molecule has 3 unspecified atom stereocenters. The molecule has 1 fully saturated rings. The minimum atomic E-state index is -0.445. The molecule has 0 radical (unpaired) electrons. The molecule has 1 aliphatic rings. The van der Waals surface area contributed by atoms with E-state index in [4.69, 9.17) is 6.42 Å². The Hall–Kier alpha value is -1.34. The van der Waals surface area contributed by atoms with Gasteiger partial charge in [-0.2, -0.15) is 0 Å². The van der Waals surface area contributed by atoms with Crippen LogP contribution in [0.4, 0.5) is 0 Å². The van der Waals surface area contributed by atoms with Gasteiger partial charge in [0.2, 0.25) is 11.8 Å². The smallest absolute Gasteiger partial charge is 0.247 e. The van der Waals surface area contributed by atoms with Gasteiger partial charge in [-0.25, -0.2) is 0 Å². The molecule has 1 rings (SSSR count). The highest BCUT2D eigenvalue weighted by Crippen LogP contribution is 2.18. The number of imide groups is 1. The van der Waals surface area contributed by atoms with E-state index in [0.29, 0.717) is 0 Å². The number of hydrogen-bond donors (Lipinski definition) is 1. The number of nitrogens with one attached hydrogen (secondary N) is 1. The van der Waals surface area contributed by atoms with E-state index in [9.17, 15) is 9.59 Å². The Morgan fingerprint density at radius 1 is 1.50 bits per heavy atom. The van der Waals surface area contributed by atoms with Crippen LogP contribution in [0.15, 0.2) is 0 Å². The molecule has 0 aromatic rings. The van der Waals surface area contributed by atoms with E-state index < -0.39 is 6.04 Å². The third-order valence-corrected chi connectivity index (χ3v) is 3.40. The third kappa shape index (κ3) is 3.11. The quantitative estimate of drug-likeness (QED) is 0.571. The van der Waals surface area contributed by atoms with Crippen LogP contribution in [0.1, 0.15) is 46.5 Å². The van der Waals surface area contributed by atoms with Crippen molar-refractivity contribution < 1.29 is 9.59 Å². The molecule has 0 saturated carbocycles. The summed E-state index contributed by atoms with van der Waals surface area (Å²) in [4.78, 5) is 25.4. The summed E-state index contributed by atoms with van der Waals surface area (Å²) in [5, 5.41) is 3.11. The zero-order valence-corrected chi connectivity index (χ0v) is 11.4. The Bertz CT molecular complexity index is 359. The van der Waals surface area contributed by atoms with Crippen LogP contribution in [0.3, 0.4) is 0 Å². The van der Waals surface area contributed by atoms with Crippen molar-refractivity contribution in [1.82, 2.24) is 10.2 Å². The molecule has 3 atom stereocenters. The Morgan fingerprint density at radius 2 is 2.17 bits per heavy atom. The number of amides is 2. The minimum absolute atomic E-state index is 0.0349. The van der Waals surface area contributed by atoms with Gasteiger partial charge in [0, 0.05) is 6.04 Å². The molecule has 2 amide bonds. The molecule has 4 heteroatoms. The van der Waals surface area contributed by atoms with Crippen LogP contribution in [0.5, 0.6) is 0 Å². The Kier molecular flexibility index (Phi) is 5.36. The first-order valence-electron chi connectivity index (χ1n) is 6.63. The number of carbonyl (C=O) groups is 2. The van der Waals surface area contributed by atoms with Crippen LogP contribution in [-0.4, -0.2) is 34.8 Å². The van der Waals surface area contributed by atoms with Crippen molar-refractivity contribution in [3.05, 3.63) is 0 Å². The fourth-order valence-corrected chi connectivity index (χ4v) is 2.17. The fourth-order valence-electron chi connectivity index (χ4n) is 2.17. The summed E-state index contributed by atoms with van der Waals surface area (Å²) in [5.74, 6) is 2.40. The van der Waals surface area contributed by atoms with Crippen molar-refractivity contribution in [1.29, 1.82) is 0 Å². The monoisotopic (exact) mass is 250 g/mol. The summed E-state index contributed by atoms with van der Waals surface area (Å²) in [7, 11) is 0. The van der Waals surface area contributed by atoms with E-state index in [0.717, 1.165) is 19.3 Å². The van der Waals surface area contributed by atoms with Crippen LogP contribution in [0.25, 0.3) is 0 Å². The second-order valence-electron chi connectivity index (χ2n) is 4.79. The van der Waals surface area contributed by atoms with Crippen molar-refractivity contribution in [3.8, 4) is 12.3 Å². The first kappa shape index (κ1) is 14.7. The van der Waals surface area contributed by atoms with Gasteiger partial charge >= 0.3 is 0 Å². The minimum Gasteiger partial charge on any atom is -0.292 e. The van der Waals surface area contributed by atoms with Crippen LogP contribution in [-0.2, 0) is 9.59 Å². The molecule has 0 aromatic heterocycles. The Morgan fingerprint density at radius 3 is 2.67 bits per heavy atom. The van der Waals surface area contributed by atoms with Crippen LogP contribution >= 0.6 is 0 Å². The molecule has 18 heavy (non-hydrogen) atoms. The third-order valence-electron chi connectivity index (χ3n) is 3.40. The highest BCUT2D eigenvalue weighted by atomic mass is 16.2. The summed E-state index contributed by atoms with van der Waals surface area (Å²) in [5.41, 5.74) is 0. The first-order chi connectivity index (χ1) is 8.54. The number of terminal acetylenes is 1. The lowest BCUT2D eigenvalue weighted by atomic mass is 10.1. The van der Waals surface area contributed by atoms with Crippen molar-refractivity contribution in [2.75, 3.05) is 0 Å². The Balaban J connectivity index is 2.68. The largest absolute Gasteiger partial charge is 0.292 e. The molecule has 1 heterocycles. The lowest BCUT2D eigenvalue weighted by molar-refractivity contribution is -0.141. The molecule has 4 nitrogen and oxygen atoms in total. The van der Waals surface area contributed by atoms with Crippen molar-refractivity contribution in [2.45, 2.75) is 64.6 Å². The van der Waals surface area contributed by atoms with Crippen molar-refractivity contribution >= 4 is 11.8 Å². The highest BCUT2D eigenvalue weighted by molar-refractivity contribution is 6.05. The van der Waals surface area contributed by atoms with E-state index in [2.05, 4.69) is 11.2 Å². The number of nitrogens with zero attached hydrogens (tertiary/aromatic N) is 1. The maximum atomic E-state index is 12.1. The first-order valence-corrected chi connectivity index (χ1v) is 6.63. The predicted molar refractivity (Wildman–Crippen MR) is 70.7 cm³/mol. The summed E-state index contributed by atoms with van der Waals surface area (Å²) in [6.07, 6.45) is 8.19. The topological polar surface area (TPSA) is 49.4 Å². The van der Waals surface area contributed by atoms with Gasteiger partial charge in [-0.1, -0.05) is 26.2 Å². The zero-order valence-electron chi connectivity index (χ0n) is 11.4. The van der Waals surface area contributed by atoms with E-state index >= 15 is 0 Å². The van der Waals surface area contributed by atoms with Crippen molar-refractivity contribution in [2.24, 2.45) is 0 Å². The van der Waals surface area contributed by atoms with Gasteiger partial charge in [-0.3, -0.25) is 19.8 Å². The summed E-state index contributed by atoms with van der Waals surface area (Å²) in [6, 6.07) is -0.611. The summed E-state index contributed by atoms with van der Waals surface area (Å²) >= 11 is 0. The lowest BCUT2D eigenvalue weighted by Gasteiger charge is -2.22. The second kappa shape index (κ2) is 6.55. The lowest BCUT2D eigenvalue weighted by Crippen LogP contribution is -2.45. The fraction of sp³-hybridized carbons (Fsp3) is 0.714. The molecule has 1 aliphatic heterocycles. The summed E-state index contributed by atoms with van der Waals surface area (Å²) in [6.45, 7) is 5.90. The van der Waals surface area contributed by atoms with Gasteiger partial charge in [0.25, 0.3) is 0 Å². The second-order valence-corrected chi connectivity index (χ2v) is 4.79. The van der Waals surface area contributed by atoms with E-state index in [1.165, 1.54) is 4.90 Å². The number of hydrogen-bond acceptors (Lipinski definition) is 3.